The highest BCUT2D eigenvalue weighted by Gasteiger charge is 2.15. The van der Waals surface area contributed by atoms with E-state index in [2.05, 4.69) is 20.6 Å². The highest BCUT2D eigenvalue weighted by Crippen LogP contribution is 2.20. The Balaban J connectivity index is 1.59. The molecule has 1 amide bonds. The number of aryl methyl sites for hydroxylation is 1. The van der Waals surface area contributed by atoms with E-state index in [9.17, 15) is 4.79 Å². The lowest BCUT2D eigenvalue weighted by atomic mass is 10.2. The third-order valence-corrected chi connectivity index (χ3v) is 4.10. The van der Waals surface area contributed by atoms with Crippen LogP contribution in [0.3, 0.4) is 0 Å². The highest BCUT2D eigenvalue weighted by molar-refractivity contribution is 6.31. The number of anilines is 2. The molecule has 1 unspecified atom stereocenters. The van der Waals surface area contributed by atoms with E-state index in [-0.39, 0.29) is 17.7 Å². The van der Waals surface area contributed by atoms with Gasteiger partial charge in [0.15, 0.2) is 0 Å². The van der Waals surface area contributed by atoms with Crippen molar-refractivity contribution >= 4 is 29.0 Å². The molecule has 0 radical (unpaired) electrons. The summed E-state index contributed by atoms with van der Waals surface area (Å²) in [7, 11) is 0. The summed E-state index contributed by atoms with van der Waals surface area (Å²) in [6.45, 7) is 3.41. The van der Waals surface area contributed by atoms with Crippen LogP contribution >= 0.6 is 11.6 Å². The second-order valence-electron chi connectivity index (χ2n) is 5.72. The van der Waals surface area contributed by atoms with Crippen LogP contribution in [-0.4, -0.2) is 35.1 Å². The molecule has 24 heavy (non-hydrogen) atoms. The van der Waals surface area contributed by atoms with Crippen LogP contribution in [0.15, 0.2) is 30.6 Å². The van der Waals surface area contributed by atoms with Crippen molar-refractivity contribution in [2.45, 2.75) is 25.9 Å². The number of nitrogens with one attached hydrogen (secondary N) is 2. The molecular weight excluding hydrogens is 328 g/mol. The third-order valence-electron chi connectivity index (χ3n) is 3.87. The maximum absolute atomic E-state index is 12.3. The second kappa shape index (κ2) is 7.59. The molecule has 1 fully saturated rings. The number of hydrogen-bond acceptors (Lipinski definition) is 5. The molecule has 126 valence electrons. The Morgan fingerprint density at radius 3 is 2.96 bits per heavy atom. The first-order chi connectivity index (χ1) is 11.6. The fourth-order valence-corrected chi connectivity index (χ4v) is 2.65. The second-order valence-corrected chi connectivity index (χ2v) is 6.15. The number of carbonyl (C=O) groups is 1. The molecule has 1 aromatic heterocycles. The van der Waals surface area contributed by atoms with E-state index in [0.717, 1.165) is 25.0 Å². The van der Waals surface area contributed by atoms with Gasteiger partial charge in [-0.05, 0) is 37.5 Å². The van der Waals surface area contributed by atoms with E-state index in [0.29, 0.717) is 23.1 Å². The van der Waals surface area contributed by atoms with Crippen LogP contribution in [0.5, 0.6) is 0 Å². The van der Waals surface area contributed by atoms with E-state index in [1.165, 1.54) is 6.20 Å². The molecule has 3 rings (SSSR count). The van der Waals surface area contributed by atoms with Gasteiger partial charge in [0.2, 0.25) is 0 Å². The average molecular weight is 347 g/mol. The Hall–Kier alpha value is -2.18. The van der Waals surface area contributed by atoms with E-state index >= 15 is 0 Å². The first-order valence-corrected chi connectivity index (χ1v) is 8.24. The molecule has 0 aliphatic carbocycles. The molecule has 1 saturated heterocycles. The van der Waals surface area contributed by atoms with Gasteiger partial charge in [-0.15, -0.1) is 0 Å². The van der Waals surface area contributed by atoms with E-state index in [4.69, 9.17) is 16.3 Å². The zero-order valence-electron chi connectivity index (χ0n) is 13.4. The lowest BCUT2D eigenvalue weighted by molar-refractivity contribution is 0.102. The summed E-state index contributed by atoms with van der Waals surface area (Å²) >= 11 is 5.96. The van der Waals surface area contributed by atoms with Gasteiger partial charge >= 0.3 is 0 Å². The Kier molecular flexibility index (Phi) is 5.27. The first-order valence-electron chi connectivity index (χ1n) is 7.87. The normalized spacial score (nSPS) is 16.8. The fourth-order valence-electron chi connectivity index (χ4n) is 2.48. The van der Waals surface area contributed by atoms with Crippen LogP contribution in [-0.2, 0) is 4.74 Å². The standard InChI is InChI=1S/C17H19ClN4O2/c1-11-4-5-12(18)7-14(11)22-17(23)15-9-21-16(10-19-15)20-8-13-3-2-6-24-13/h4-5,7,9-10,13H,2-3,6,8H2,1H3,(H,20,21)(H,22,23). The summed E-state index contributed by atoms with van der Waals surface area (Å²) in [4.78, 5) is 20.6. The predicted molar refractivity (Wildman–Crippen MR) is 93.6 cm³/mol. The maximum Gasteiger partial charge on any atom is 0.275 e. The maximum atomic E-state index is 12.3. The van der Waals surface area contributed by atoms with Crippen molar-refractivity contribution in [2.75, 3.05) is 23.8 Å². The zero-order chi connectivity index (χ0) is 16.9. The topological polar surface area (TPSA) is 76.1 Å². The molecule has 7 heteroatoms. The van der Waals surface area contributed by atoms with Gasteiger partial charge in [0.05, 0.1) is 18.5 Å². The summed E-state index contributed by atoms with van der Waals surface area (Å²) in [6, 6.07) is 5.34. The van der Waals surface area contributed by atoms with Crippen molar-refractivity contribution < 1.29 is 9.53 Å². The summed E-state index contributed by atoms with van der Waals surface area (Å²) in [6.07, 6.45) is 5.38. The molecule has 1 aliphatic rings. The molecule has 6 nitrogen and oxygen atoms in total. The van der Waals surface area contributed by atoms with Crippen molar-refractivity contribution in [1.29, 1.82) is 0 Å². The largest absolute Gasteiger partial charge is 0.376 e. The number of halogens is 1. The van der Waals surface area contributed by atoms with Gasteiger partial charge in [-0.3, -0.25) is 4.79 Å². The Morgan fingerprint density at radius 1 is 1.38 bits per heavy atom. The van der Waals surface area contributed by atoms with Crippen LogP contribution in [0.1, 0.15) is 28.9 Å². The molecule has 1 aromatic carbocycles. The number of amides is 1. The fraction of sp³-hybridized carbons (Fsp3) is 0.353. The lowest BCUT2D eigenvalue weighted by Crippen LogP contribution is -2.19. The van der Waals surface area contributed by atoms with E-state index in [1.807, 2.05) is 13.0 Å². The van der Waals surface area contributed by atoms with E-state index in [1.54, 1.807) is 18.3 Å². The van der Waals surface area contributed by atoms with Gasteiger partial charge in [-0.25, -0.2) is 9.97 Å². The molecule has 2 heterocycles. The molecule has 2 aromatic rings. The van der Waals surface area contributed by atoms with Crippen molar-refractivity contribution in [3.63, 3.8) is 0 Å². The van der Waals surface area contributed by atoms with Crippen molar-refractivity contribution in [2.24, 2.45) is 0 Å². The average Bonchev–Trinajstić information content (AvgIpc) is 3.10. The van der Waals surface area contributed by atoms with Gasteiger partial charge in [0, 0.05) is 23.9 Å². The Labute approximate surface area is 145 Å². The Morgan fingerprint density at radius 2 is 2.25 bits per heavy atom. The van der Waals surface area contributed by atoms with Crippen LogP contribution in [0.2, 0.25) is 5.02 Å². The van der Waals surface area contributed by atoms with Crippen LogP contribution in [0.25, 0.3) is 0 Å². The van der Waals surface area contributed by atoms with Gasteiger partial charge in [0.1, 0.15) is 11.5 Å². The van der Waals surface area contributed by atoms with Crippen molar-refractivity contribution in [1.82, 2.24) is 9.97 Å². The van der Waals surface area contributed by atoms with Crippen molar-refractivity contribution in [3.05, 3.63) is 46.9 Å². The summed E-state index contributed by atoms with van der Waals surface area (Å²) in [5.41, 5.74) is 1.84. The number of benzene rings is 1. The number of aromatic nitrogens is 2. The molecule has 0 bridgehead atoms. The molecule has 2 N–H and O–H groups in total. The minimum absolute atomic E-state index is 0.223. The summed E-state index contributed by atoms with van der Waals surface area (Å²) in [5.74, 6) is 0.305. The monoisotopic (exact) mass is 346 g/mol. The molecule has 0 spiro atoms. The SMILES string of the molecule is Cc1ccc(Cl)cc1NC(=O)c1cnc(NCC2CCCO2)cn1. The number of ether oxygens (including phenoxy) is 1. The van der Waals surface area contributed by atoms with Gasteiger partial charge in [-0.2, -0.15) is 0 Å². The minimum atomic E-state index is -0.321. The summed E-state index contributed by atoms with van der Waals surface area (Å²) in [5, 5.41) is 6.53. The molecular formula is C17H19ClN4O2. The predicted octanol–water partition coefficient (Wildman–Crippen LogP) is 3.28. The molecule has 1 atom stereocenters. The molecule has 0 saturated carbocycles. The van der Waals surface area contributed by atoms with Crippen LogP contribution < -0.4 is 10.6 Å². The molecule has 1 aliphatic heterocycles. The smallest absolute Gasteiger partial charge is 0.275 e. The highest BCUT2D eigenvalue weighted by atomic mass is 35.5. The number of rotatable bonds is 5. The third kappa shape index (κ3) is 4.21. The number of nitrogens with zero attached hydrogens (tertiary/aromatic N) is 2. The quantitative estimate of drug-likeness (QED) is 0.868. The number of hydrogen-bond donors (Lipinski definition) is 2. The number of carbonyl (C=O) groups excluding carboxylic acids is 1. The van der Waals surface area contributed by atoms with Crippen LogP contribution in [0.4, 0.5) is 11.5 Å². The lowest BCUT2D eigenvalue weighted by Gasteiger charge is -2.11. The Bertz CT molecular complexity index is 715. The van der Waals surface area contributed by atoms with Gasteiger partial charge in [0.25, 0.3) is 5.91 Å². The first kappa shape index (κ1) is 16.7. The van der Waals surface area contributed by atoms with Gasteiger partial charge in [-0.1, -0.05) is 17.7 Å². The zero-order valence-corrected chi connectivity index (χ0v) is 14.1. The van der Waals surface area contributed by atoms with Gasteiger partial charge < -0.3 is 15.4 Å². The summed E-state index contributed by atoms with van der Waals surface area (Å²) < 4.78 is 5.54. The van der Waals surface area contributed by atoms with E-state index < -0.39 is 0 Å². The van der Waals surface area contributed by atoms with Crippen molar-refractivity contribution in [3.8, 4) is 0 Å². The minimum Gasteiger partial charge on any atom is -0.376 e. The van der Waals surface area contributed by atoms with Crippen LogP contribution in [0, 0.1) is 6.92 Å².